The van der Waals surface area contributed by atoms with E-state index in [2.05, 4.69) is 4.98 Å². The zero-order valence-corrected chi connectivity index (χ0v) is 17.6. The van der Waals surface area contributed by atoms with Gasteiger partial charge >= 0.3 is 6.18 Å². The molecule has 0 spiro atoms. The summed E-state index contributed by atoms with van der Waals surface area (Å²) in [4.78, 5) is 18.8. The Hall–Kier alpha value is -3.08. The van der Waals surface area contributed by atoms with Crippen LogP contribution in [0.25, 0.3) is 0 Å². The number of amides is 1. The number of ether oxygens (including phenoxy) is 1. The number of aromatic nitrogens is 1. The first kappa shape index (κ1) is 21.2. The van der Waals surface area contributed by atoms with Crippen molar-refractivity contribution in [2.75, 3.05) is 0 Å². The van der Waals surface area contributed by atoms with Crippen molar-refractivity contribution < 1.29 is 22.7 Å². The average Bonchev–Trinajstić information content (AvgIpc) is 3.00. The summed E-state index contributed by atoms with van der Waals surface area (Å²) in [5.74, 6) is -0.0402. The van der Waals surface area contributed by atoms with Crippen LogP contribution in [0.4, 0.5) is 13.2 Å². The van der Waals surface area contributed by atoms with Crippen molar-refractivity contribution >= 4 is 5.91 Å². The van der Waals surface area contributed by atoms with Crippen molar-refractivity contribution in [2.24, 2.45) is 10.8 Å². The molecule has 2 aromatic rings. The Morgan fingerprint density at radius 2 is 1.87 bits per heavy atom. The second kappa shape index (κ2) is 6.71. The van der Waals surface area contributed by atoms with E-state index >= 15 is 0 Å². The second-order valence-corrected chi connectivity index (χ2v) is 9.33. The molecule has 0 atom stereocenters. The van der Waals surface area contributed by atoms with Gasteiger partial charge in [0, 0.05) is 35.8 Å². The van der Waals surface area contributed by atoms with E-state index in [0.717, 1.165) is 17.7 Å². The van der Waals surface area contributed by atoms with Gasteiger partial charge < -0.3 is 9.64 Å². The summed E-state index contributed by atoms with van der Waals surface area (Å²) >= 11 is 0. The number of hydrogen-bond donors (Lipinski definition) is 0. The third-order valence-corrected chi connectivity index (χ3v) is 6.49. The Kier molecular flexibility index (Phi) is 4.58. The van der Waals surface area contributed by atoms with Crippen molar-refractivity contribution in [2.45, 2.75) is 52.6 Å². The van der Waals surface area contributed by atoms with Crippen LogP contribution in [0.15, 0.2) is 36.7 Å². The molecule has 4 rings (SSSR count). The van der Waals surface area contributed by atoms with E-state index in [4.69, 9.17) is 10.00 Å². The van der Waals surface area contributed by atoms with E-state index < -0.39 is 34.2 Å². The fraction of sp³-hybridized carbons (Fsp3) is 0.435. The van der Waals surface area contributed by atoms with Gasteiger partial charge in [-0.3, -0.25) is 9.78 Å². The van der Waals surface area contributed by atoms with Gasteiger partial charge in [0.1, 0.15) is 11.9 Å². The molecule has 0 bridgehead atoms. The van der Waals surface area contributed by atoms with E-state index in [1.165, 1.54) is 6.07 Å². The monoisotopic (exact) mass is 429 g/mol. The Bertz CT molecular complexity index is 1090. The zero-order chi connectivity index (χ0) is 22.8. The first-order chi connectivity index (χ1) is 14.4. The van der Waals surface area contributed by atoms with Crippen molar-refractivity contribution in [1.82, 2.24) is 9.88 Å². The second-order valence-electron chi connectivity index (χ2n) is 9.33. The van der Waals surface area contributed by atoms with Crippen molar-refractivity contribution in [3.63, 3.8) is 0 Å². The van der Waals surface area contributed by atoms with E-state index in [1.807, 2.05) is 38.7 Å². The summed E-state index contributed by atoms with van der Waals surface area (Å²) < 4.78 is 46.1. The lowest BCUT2D eigenvalue weighted by Gasteiger charge is -2.65. The highest BCUT2D eigenvalue weighted by atomic mass is 19.4. The van der Waals surface area contributed by atoms with Gasteiger partial charge in [-0.05, 0) is 29.8 Å². The molecule has 8 heteroatoms. The van der Waals surface area contributed by atoms with Gasteiger partial charge in [-0.1, -0.05) is 27.7 Å². The third kappa shape index (κ3) is 3.14. The maximum absolute atomic E-state index is 13.3. The van der Waals surface area contributed by atoms with Gasteiger partial charge in [-0.25, -0.2) is 0 Å². The molecule has 1 aliphatic heterocycles. The van der Waals surface area contributed by atoms with Crippen LogP contribution in [0.3, 0.4) is 0 Å². The molecule has 1 amide bonds. The van der Waals surface area contributed by atoms with Crippen LogP contribution in [0, 0.1) is 22.2 Å². The highest BCUT2D eigenvalue weighted by Crippen LogP contribution is 2.59. The molecule has 5 nitrogen and oxygen atoms in total. The Morgan fingerprint density at radius 1 is 1.19 bits per heavy atom. The quantitative estimate of drug-likeness (QED) is 0.702. The number of carbonyl (C=O) groups is 1. The first-order valence-electron chi connectivity index (χ1n) is 9.91. The zero-order valence-electron chi connectivity index (χ0n) is 17.6. The van der Waals surface area contributed by atoms with Gasteiger partial charge in [0.05, 0.1) is 22.8 Å². The molecule has 0 radical (unpaired) electrons. The van der Waals surface area contributed by atoms with Crippen LogP contribution < -0.4 is 4.74 Å². The van der Waals surface area contributed by atoms with Gasteiger partial charge in [0.15, 0.2) is 0 Å². The van der Waals surface area contributed by atoms with Crippen molar-refractivity contribution in [3.8, 4) is 11.8 Å². The van der Waals surface area contributed by atoms with Gasteiger partial charge in [0.2, 0.25) is 0 Å². The standard InChI is InChI=1S/C23H22F3N3O2/c1-21(2)19(29-12-14-7-8-28-11-16(14)18(29)30)22(3,4)20(21)31-15-6-5-13(10-27)17(9-15)23(24,25)26/h5-9,11,19-20H,12H2,1-4H3/t19-,20-. The average molecular weight is 429 g/mol. The molecule has 0 N–H and O–H groups in total. The lowest BCUT2D eigenvalue weighted by molar-refractivity contribution is -0.199. The summed E-state index contributed by atoms with van der Waals surface area (Å²) in [5, 5.41) is 9.00. The summed E-state index contributed by atoms with van der Waals surface area (Å²) in [6.07, 6.45) is -1.87. The minimum Gasteiger partial charge on any atom is -0.489 e. The van der Waals surface area contributed by atoms with Crippen LogP contribution in [0.1, 0.15) is 54.7 Å². The van der Waals surface area contributed by atoms with Crippen LogP contribution >= 0.6 is 0 Å². The molecular formula is C23H22F3N3O2. The summed E-state index contributed by atoms with van der Waals surface area (Å²) in [7, 11) is 0. The predicted octanol–water partition coefficient (Wildman–Crippen LogP) is 4.81. The minimum absolute atomic E-state index is 0.0520. The SMILES string of the molecule is CC1(C)[C@H](Oc2ccc(C#N)c(C(F)(F)F)c2)C(C)(C)[C@H]1N1Cc2ccncc2C1=O. The molecule has 0 saturated heterocycles. The fourth-order valence-corrected chi connectivity index (χ4v) is 5.65. The number of halogens is 3. The molecule has 1 fully saturated rings. The van der Waals surface area contributed by atoms with E-state index in [0.29, 0.717) is 12.1 Å². The topological polar surface area (TPSA) is 66.2 Å². The molecule has 1 aromatic heterocycles. The van der Waals surface area contributed by atoms with Gasteiger partial charge in [0.25, 0.3) is 5.91 Å². The summed E-state index contributed by atoms with van der Waals surface area (Å²) in [5.41, 5.74) is -0.990. The smallest absolute Gasteiger partial charge is 0.417 e. The van der Waals surface area contributed by atoms with Gasteiger partial charge in [-0.2, -0.15) is 18.4 Å². The van der Waals surface area contributed by atoms with Crippen molar-refractivity contribution in [1.29, 1.82) is 5.26 Å². The molecule has 2 aliphatic rings. The maximum Gasteiger partial charge on any atom is 0.417 e. The number of nitriles is 1. The van der Waals surface area contributed by atoms with E-state index in [9.17, 15) is 18.0 Å². The normalized spacial score (nSPS) is 23.7. The van der Waals surface area contributed by atoms with Crippen LogP contribution in [-0.4, -0.2) is 27.9 Å². The lowest BCUT2D eigenvalue weighted by atomic mass is 9.49. The molecule has 1 aromatic carbocycles. The van der Waals surface area contributed by atoms with Crippen LogP contribution in [-0.2, 0) is 12.7 Å². The molecular weight excluding hydrogens is 407 g/mol. The lowest BCUT2D eigenvalue weighted by Crippen LogP contribution is -2.74. The number of pyridine rings is 1. The number of fused-ring (bicyclic) bond motifs is 1. The van der Waals surface area contributed by atoms with E-state index in [-0.39, 0.29) is 17.7 Å². The highest BCUT2D eigenvalue weighted by Gasteiger charge is 2.67. The molecule has 1 aliphatic carbocycles. The maximum atomic E-state index is 13.3. The number of nitrogens with zero attached hydrogens (tertiary/aromatic N) is 3. The number of rotatable bonds is 3. The largest absolute Gasteiger partial charge is 0.489 e. The summed E-state index contributed by atoms with van der Waals surface area (Å²) in [6, 6.07) is 6.62. The first-order valence-corrected chi connectivity index (χ1v) is 9.91. The van der Waals surface area contributed by atoms with E-state index in [1.54, 1.807) is 18.5 Å². The minimum atomic E-state index is -4.65. The number of hydrogen-bond acceptors (Lipinski definition) is 4. The molecule has 0 unspecified atom stereocenters. The Morgan fingerprint density at radius 3 is 2.45 bits per heavy atom. The highest BCUT2D eigenvalue weighted by molar-refractivity contribution is 5.98. The third-order valence-electron chi connectivity index (χ3n) is 6.49. The number of alkyl halides is 3. The van der Waals surface area contributed by atoms with Crippen LogP contribution in [0.5, 0.6) is 5.75 Å². The van der Waals surface area contributed by atoms with Crippen molar-refractivity contribution in [3.05, 3.63) is 58.9 Å². The number of benzene rings is 1. The summed E-state index contributed by atoms with van der Waals surface area (Å²) in [6.45, 7) is 8.29. The molecule has 2 heterocycles. The molecule has 1 saturated carbocycles. The number of carbonyl (C=O) groups excluding carboxylic acids is 1. The Labute approximate surface area is 178 Å². The van der Waals surface area contributed by atoms with Gasteiger partial charge in [-0.15, -0.1) is 0 Å². The fourth-order valence-electron chi connectivity index (χ4n) is 5.65. The Balaban J connectivity index is 1.62. The van der Waals surface area contributed by atoms with Crippen LogP contribution in [0.2, 0.25) is 0 Å². The molecule has 162 valence electrons. The molecule has 31 heavy (non-hydrogen) atoms. The predicted molar refractivity (Wildman–Crippen MR) is 106 cm³/mol.